The number of anilines is 2. The first-order valence-electron chi connectivity index (χ1n) is 7.64. The van der Waals surface area contributed by atoms with Crippen LogP contribution in [-0.4, -0.2) is 31.9 Å². The molecule has 0 amide bonds. The van der Waals surface area contributed by atoms with E-state index in [0.29, 0.717) is 17.8 Å². The molecule has 0 heterocycles. The maximum absolute atomic E-state index is 12.5. The number of benzene rings is 2. The fraction of sp³-hybridized carbons (Fsp3) is 0.412. The van der Waals surface area contributed by atoms with E-state index >= 15 is 0 Å². The molecule has 6 heteroatoms. The number of fused-ring (bicyclic) bond motifs is 1. The van der Waals surface area contributed by atoms with Crippen LogP contribution in [0.4, 0.5) is 24.5 Å². The summed E-state index contributed by atoms with van der Waals surface area (Å²) in [6, 6.07) is 12.0. The summed E-state index contributed by atoms with van der Waals surface area (Å²) in [7, 11) is 1.45. The molecule has 0 aliphatic heterocycles. The fourth-order valence-corrected chi connectivity index (χ4v) is 2.94. The van der Waals surface area contributed by atoms with Crippen LogP contribution < -0.4 is 16.0 Å². The zero-order valence-electron chi connectivity index (χ0n) is 12.9. The van der Waals surface area contributed by atoms with Crippen molar-refractivity contribution in [3.8, 4) is 0 Å². The zero-order chi connectivity index (χ0) is 16.6. The molecule has 0 bridgehead atoms. The van der Waals surface area contributed by atoms with Crippen LogP contribution in [0, 0.1) is 0 Å². The molecule has 0 unspecified atom stereocenters. The second kappa shape index (κ2) is 5.92. The molecule has 2 aromatic carbocycles. The molecule has 2 aromatic rings. The lowest BCUT2D eigenvalue weighted by Crippen LogP contribution is -2.44. The van der Waals surface area contributed by atoms with Gasteiger partial charge in [-0.2, -0.15) is 13.2 Å². The Kier molecular flexibility index (Phi) is 4.10. The SMILES string of the molecule is CN(CC(F)(F)F)c1ccc2cc(NC3CC(N)C3)ccc2c1. The summed E-state index contributed by atoms with van der Waals surface area (Å²) in [5.41, 5.74) is 7.35. The Morgan fingerprint density at radius 2 is 1.78 bits per heavy atom. The number of nitrogens with one attached hydrogen (secondary N) is 1. The van der Waals surface area contributed by atoms with Crippen molar-refractivity contribution >= 4 is 22.1 Å². The van der Waals surface area contributed by atoms with Crippen LogP contribution in [0.1, 0.15) is 12.8 Å². The van der Waals surface area contributed by atoms with Gasteiger partial charge in [0.2, 0.25) is 0 Å². The molecule has 3 rings (SSSR count). The number of nitrogens with two attached hydrogens (primary N) is 1. The number of halogens is 3. The zero-order valence-corrected chi connectivity index (χ0v) is 12.9. The van der Waals surface area contributed by atoms with Crippen molar-refractivity contribution in [3.05, 3.63) is 36.4 Å². The van der Waals surface area contributed by atoms with Gasteiger partial charge >= 0.3 is 6.18 Å². The molecule has 0 atom stereocenters. The average Bonchev–Trinajstić information content (AvgIpc) is 2.43. The van der Waals surface area contributed by atoms with E-state index in [4.69, 9.17) is 5.73 Å². The standard InChI is InChI=1S/C17H20F3N3/c1-23(10-17(18,19)20)16-5-3-11-6-14(4-2-12(11)7-16)22-15-8-13(21)9-15/h2-7,13,15,22H,8-10,21H2,1H3. The molecule has 3 nitrogen and oxygen atoms in total. The second-order valence-corrected chi connectivity index (χ2v) is 6.29. The smallest absolute Gasteiger partial charge is 0.382 e. The molecule has 124 valence electrons. The third kappa shape index (κ3) is 3.88. The molecule has 0 spiro atoms. The second-order valence-electron chi connectivity index (χ2n) is 6.29. The summed E-state index contributed by atoms with van der Waals surface area (Å²) in [4.78, 5) is 1.21. The quantitative estimate of drug-likeness (QED) is 0.900. The highest BCUT2D eigenvalue weighted by Crippen LogP contribution is 2.28. The van der Waals surface area contributed by atoms with Gasteiger partial charge in [0.05, 0.1) is 0 Å². The predicted molar refractivity (Wildman–Crippen MR) is 87.9 cm³/mol. The normalized spacial score (nSPS) is 21.1. The molecule has 3 N–H and O–H groups in total. The summed E-state index contributed by atoms with van der Waals surface area (Å²) >= 11 is 0. The van der Waals surface area contributed by atoms with Crippen LogP contribution in [0.25, 0.3) is 10.8 Å². The van der Waals surface area contributed by atoms with E-state index < -0.39 is 12.7 Å². The third-order valence-corrected chi connectivity index (χ3v) is 4.23. The summed E-state index contributed by atoms with van der Waals surface area (Å²) < 4.78 is 37.5. The Balaban J connectivity index is 1.76. The molecule has 1 aliphatic rings. The van der Waals surface area contributed by atoms with E-state index in [9.17, 15) is 13.2 Å². The van der Waals surface area contributed by atoms with Gasteiger partial charge in [0.1, 0.15) is 6.54 Å². The van der Waals surface area contributed by atoms with E-state index in [0.717, 1.165) is 29.3 Å². The van der Waals surface area contributed by atoms with Crippen LogP contribution in [0.3, 0.4) is 0 Å². The van der Waals surface area contributed by atoms with Crippen molar-refractivity contribution in [3.63, 3.8) is 0 Å². The molecule has 0 saturated heterocycles. The fourth-order valence-electron chi connectivity index (χ4n) is 2.94. The lowest BCUT2D eigenvalue weighted by molar-refractivity contribution is -0.119. The van der Waals surface area contributed by atoms with Crippen LogP contribution in [0.2, 0.25) is 0 Å². The van der Waals surface area contributed by atoms with Gasteiger partial charge in [0.15, 0.2) is 0 Å². The first-order chi connectivity index (χ1) is 10.8. The highest BCUT2D eigenvalue weighted by Gasteiger charge is 2.29. The van der Waals surface area contributed by atoms with E-state index in [1.54, 1.807) is 12.1 Å². The van der Waals surface area contributed by atoms with Crippen molar-refractivity contribution in [2.24, 2.45) is 5.73 Å². The number of hydrogen-bond donors (Lipinski definition) is 2. The maximum Gasteiger partial charge on any atom is 0.405 e. The Morgan fingerprint density at radius 3 is 2.43 bits per heavy atom. The third-order valence-electron chi connectivity index (χ3n) is 4.23. The number of rotatable bonds is 4. The minimum absolute atomic E-state index is 0.291. The van der Waals surface area contributed by atoms with Gasteiger partial charge in [0.25, 0.3) is 0 Å². The minimum atomic E-state index is -4.21. The largest absolute Gasteiger partial charge is 0.405 e. The summed E-state index contributed by atoms with van der Waals surface area (Å²) in [5, 5.41) is 5.36. The Bertz CT molecular complexity index is 693. The van der Waals surface area contributed by atoms with Crippen LogP contribution >= 0.6 is 0 Å². The van der Waals surface area contributed by atoms with Gasteiger partial charge in [-0.05, 0) is 47.9 Å². The maximum atomic E-state index is 12.5. The molecule has 1 fully saturated rings. The predicted octanol–water partition coefficient (Wildman–Crippen LogP) is 3.74. The Labute approximate surface area is 133 Å². The van der Waals surface area contributed by atoms with Gasteiger partial charge in [-0.15, -0.1) is 0 Å². The van der Waals surface area contributed by atoms with E-state index in [-0.39, 0.29) is 0 Å². The van der Waals surface area contributed by atoms with Crippen LogP contribution in [0.15, 0.2) is 36.4 Å². The van der Waals surface area contributed by atoms with Crippen molar-refractivity contribution < 1.29 is 13.2 Å². The topological polar surface area (TPSA) is 41.3 Å². The van der Waals surface area contributed by atoms with Crippen LogP contribution in [0.5, 0.6) is 0 Å². The summed E-state index contributed by atoms with van der Waals surface area (Å²) in [6.45, 7) is -0.958. The van der Waals surface area contributed by atoms with Crippen molar-refractivity contribution in [1.82, 2.24) is 0 Å². The van der Waals surface area contributed by atoms with Gasteiger partial charge in [0, 0.05) is 30.5 Å². The van der Waals surface area contributed by atoms with Gasteiger partial charge in [-0.1, -0.05) is 12.1 Å². The summed E-state index contributed by atoms with van der Waals surface area (Å²) in [6.07, 6.45) is -2.26. The monoisotopic (exact) mass is 323 g/mol. The van der Waals surface area contributed by atoms with Crippen molar-refractivity contribution in [2.75, 3.05) is 23.8 Å². The summed E-state index contributed by atoms with van der Waals surface area (Å²) in [5.74, 6) is 0. The average molecular weight is 323 g/mol. The minimum Gasteiger partial charge on any atom is -0.382 e. The lowest BCUT2D eigenvalue weighted by atomic mass is 9.87. The first kappa shape index (κ1) is 15.9. The van der Waals surface area contributed by atoms with E-state index in [1.165, 1.54) is 11.9 Å². The number of alkyl halides is 3. The van der Waals surface area contributed by atoms with Gasteiger partial charge < -0.3 is 16.0 Å². The molecule has 1 saturated carbocycles. The molecule has 23 heavy (non-hydrogen) atoms. The first-order valence-corrected chi connectivity index (χ1v) is 7.64. The molecular weight excluding hydrogens is 303 g/mol. The Morgan fingerprint density at radius 1 is 1.13 bits per heavy atom. The van der Waals surface area contributed by atoms with E-state index in [1.807, 2.05) is 24.3 Å². The van der Waals surface area contributed by atoms with Crippen molar-refractivity contribution in [2.45, 2.75) is 31.1 Å². The molecular formula is C17H20F3N3. The molecule has 0 radical (unpaired) electrons. The highest BCUT2D eigenvalue weighted by atomic mass is 19.4. The van der Waals surface area contributed by atoms with Crippen molar-refractivity contribution in [1.29, 1.82) is 0 Å². The Hall–Kier alpha value is -1.95. The van der Waals surface area contributed by atoms with Crippen LogP contribution in [-0.2, 0) is 0 Å². The number of hydrogen-bond acceptors (Lipinski definition) is 3. The van der Waals surface area contributed by atoms with Gasteiger partial charge in [-0.25, -0.2) is 0 Å². The molecule has 0 aromatic heterocycles. The lowest BCUT2D eigenvalue weighted by Gasteiger charge is -2.33. The van der Waals surface area contributed by atoms with E-state index in [2.05, 4.69) is 5.32 Å². The van der Waals surface area contributed by atoms with Gasteiger partial charge in [-0.3, -0.25) is 0 Å². The highest BCUT2D eigenvalue weighted by molar-refractivity contribution is 5.88. The molecule has 1 aliphatic carbocycles. The number of nitrogens with zero attached hydrogens (tertiary/aromatic N) is 1.